The fourth-order valence-corrected chi connectivity index (χ4v) is 15.0. The fraction of sp³-hybridized carbons (Fsp3) is 0.944. The summed E-state index contributed by atoms with van der Waals surface area (Å²) in [4.78, 5) is 15.4. The normalized spacial score (nSPS) is 52.8. The number of aliphatic hydroxyl groups is 19. The van der Waals surface area contributed by atoms with E-state index in [0.29, 0.717) is 44.9 Å². The molecule has 6 saturated heterocycles. The second-order valence-electron chi connectivity index (χ2n) is 25.1. The Balaban J connectivity index is 1.00. The average Bonchev–Trinajstić information content (AvgIpc) is 0.720. The molecule has 0 bridgehead atoms. The molecule has 0 aromatic carbocycles. The second kappa shape index (κ2) is 27.7. The monoisotopic (exact) mass is 1250 g/mol. The maximum absolute atomic E-state index is 15.4. The van der Waals surface area contributed by atoms with Crippen LogP contribution < -0.4 is 0 Å². The van der Waals surface area contributed by atoms with Gasteiger partial charge in [-0.15, -0.1) is 0 Å². The van der Waals surface area contributed by atoms with Gasteiger partial charge in [-0.1, -0.05) is 25.5 Å². The van der Waals surface area contributed by atoms with Crippen LogP contribution in [-0.2, 0) is 61.6 Å². The molecule has 32 heteroatoms. The number of carbonyl (C=O) groups excluding carboxylic acids is 1. The molecule has 34 unspecified atom stereocenters. The predicted molar refractivity (Wildman–Crippen MR) is 276 cm³/mol. The Bertz CT molecular complexity index is 2240. The van der Waals surface area contributed by atoms with E-state index in [4.69, 9.17) is 56.8 Å². The van der Waals surface area contributed by atoms with Gasteiger partial charge in [0.1, 0.15) is 134 Å². The first-order chi connectivity index (χ1) is 40.7. The van der Waals surface area contributed by atoms with Gasteiger partial charge in [0.05, 0.1) is 51.7 Å². The van der Waals surface area contributed by atoms with Crippen LogP contribution in [0.3, 0.4) is 0 Å². The standard InChI is InChI=1S/C54H88O32/c1-19-5-6-27-52(2)8-4-9-53(3,51(74)86-50-44(84-45-37(70)28(61)20(60)17-75-45)42(33(66)25(16-59)81-50)83-47-39(72)35(68)30(63)22(13-56)78-47)26(52)7-10-54(27,11-19)18-76-49-43(85-48-40(73)36(69)31(64)23(14-57)79-48)41(32(65)24(15-58)80-49)82-46-38(71)34(67)29(62)21(12-55)77-46/h20-50,55-73H,1,4-18H2,2-3H3. The van der Waals surface area contributed by atoms with Crippen LogP contribution in [-0.4, -0.2) is 327 Å². The summed E-state index contributed by atoms with van der Waals surface area (Å²) in [5.41, 5.74) is -2.07. The van der Waals surface area contributed by atoms with Gasteiger partial charge in [-0.3, -0.25) is 4.79 Å². The van der Waals surface area contributed by atoms with Crippen molar-refractivity contribution in [2.45, 2.75) is 243 Å². The van der Waals surface area contributed by atoms with Crippen LogP contribution in [0.2, 0.25) is 0 Å². The number of aliphatic hydroxyl groups excluding tert-OH is 19. The van der Waals surface area contributed by atoms with Gasteiger partial charge < -0.3 is 154 Å². The van der Waals surface area contributed by atoms with Gasteiger partial charge in [0.25, 0.3) is 0 Å². The zero-order chi connectivity index (χ0) is 62.6. The Hall–Kier alpha value is -1.99. The van der Waals surface area contributed by atoms with Crippen LogP contribution in [0.15, 0.2) is 12.2 Å². The molecule has 3 aliphatic carbocycles. The van der Waals surface area contributed by atoms with Gasteiger partial charge in [0, 0.05) is 5.41 Å². The van der Waals surface area contributed by atoms with Crippen molar-refractivity contribution in [2.75, 3.05) is 46.2 Å². The van der Waals surface area contributed by atoms with Gasteiger partial charge in [0.15, 0.2) is 37.6 Å². The minimum absolute atomic E-state index is 0.184. The molecular formula is C54H88O32. The smallest absolute Gasteiger partial charge is 0.314 e. The number of allylic oxidation sites excluding steroid dienone is 1. The number of hydrogen-bond donors (Lipinski definition) is 19. The number of fused-ring (bicyclic) bond motifs is 3. The van der Waals surface area contributed by atoms with Crippen molar-refractivity contribution in [1.29, 1.82) is 0 Å². The Morgan fingerprint density at radius 3 is 1.38 bits per heavy atom. The maximum atomic E-state index is 15.4. The van der Waals surface area contributed by atoms with Crippen molar-refractivity contribution in [2.24, 2.45) is 28.1 Å². The van der Waals surface area contributed by atoms with Crippen LogP contribution in [0.1, 0.15) is 65.2 Å². The molecule has 0 amide bonds. The summed E-state index contributed by atoms with van der Waals surface area (Å²) in [7, 11) is 0. The van der Waals surface area contributed by atoms with Crippen molar-refractivity contribution in [3.63, 3.8) is 0 Å². The van der Waals surface area contributed by atoms with Crippen LogP contribution in [0.4, 0.5) is 0 Å². The molecule has 0 radical (unpaired) electrons. The van der Waals surface area contributed by atoms with E-state index in [1.54, 1.807) is 6.92 Å². The first-order valence-electron chi connectivity index (χ1n) is 29.3. The molecule has 6 heterocycles. The summed E-state index contributed by atoms with van der Waals surface area (Å²) in [5.74, 6) is -1.62. The van der Waals surface area contributed by atoms with Gasteiger partial charge in [-0.05, 0) is 69.1 Å². The molecule has 34 atom stereocenters. The fourth-order valence-electron chi connectivity index (χ4n) is 15.0. The summed E-state index contributed by atoms with van der Waals surface area (Å²) in [5, 5.41) is 204. The molecular weight excluding hydrogens is 1160 g/mol. The Labute approximate surface area is 493 Å². The maximum Gasteiger partial charge on any atom is 0.314 e. The van der Waals surface area contributed by atoms with Crippen LogP contribution in [0.25, 0.3) is 0 Å². The van der Waals surface area contributed by atoms with Gasteiger partial charge in [-0.2, -0.15) is 0 Å². The average molecular weight is 1250 g/mol. The van der Waals surface area contributed by atoms with E-state index >= 15 is 4.79 Å². The molecule has 0 spiro atoms. The van der Waals surface area contributed by atoms with Crippen molar-refractivity contribution in [3.8, 4) is 0 Å². The molecule has 9 aliphatic rings. The number of ether oxygens (including phenoxy) is 12. The second-order valence-corrected chi connectivity index (χ2v) is 25.1. The minimum Gasteiger partial charge on any atom is -0.432 e. The molecule has 6 aliphatic heterocycles. The summed E-state index contributed by atoms with van der Waals surface area (Å²) in [6.45, 7) is 2.97. The van der Waals surface area contributed by atoms with Crippen LogP contribution in [0, 0.1) is 28.1 Å². The number of carbonyl (C=O) groups is 1. The van der Waals surface area contributed by atoms with E-state index < -0.39 is 246 Å². The third-order valence-electron chi connectivity index (χ3n) is 19.8. The lowest BCUT2D eigenvalue weighted by molar-refractivity contribution is -0.394. The highest BCUT2D eigenvalue weighted by atomic mass is 16.8. The summed E-state index contributed by atoms with van der Waals surface area (Å²) in [6.07, 6.45) is -49.5. The molecule has 3 saturated carbocycles. The molecule has 19 N–H and O–H groups in total. The van der Waals surface area contributed by atoms with Crippen molar-refractivity contribution >= 4 is 5.97 Å². The molecule has 0 aromatic rings. The SMILES string of the molecule is C=C1CCC2C(COC3OC(CO)C(O)C(OC4OC(CO)C(O)C(O)C4O)C3OC3OC(CO)C(O)C(O)C3O)(CCC3C(C)(C(=O)OC4OC(CO)C(O)C(OC5OC(CO)C(O)C(O)C5O)C4OC4OCC(O)C(O)C4O)CCCC23C)C1. The molecule has 32 nitrogen and oxygen atoms in total. The lowest BCUT2D eigenvalue weighted by atomic mass is 9.40. The van der Waals surface area contributed by atoms with Crippen LogP contribution >= 0.6 is 0 Å². The predicted octanol–water partition coefficient (Wildman–Crippen LogP) is -8.97. The number of hydrogen-bond acceptors (Lipinski definition) is 32. The molecule has 496 valence electrons. The summed E-state index contributed by atoms with van der Waals surface area (Å²) in [6, 6.07) is 0. The molecule has 9 fully saturated rings. The third-order valence-corrected chi connectivity index (χ3v) is 19.8. The first kappa shape index (κ1) is 68.4. The zero-order valence-electron chi connectivity index (χ0n) is 47.5. The Morgan fingerprint density at radius 1 is 0.477 bits per heavy atom. The number of esters is 1. The van der Waals surface area contributed by atoms with Crippen molar-refractivity contribution in [1.82, 2.24) is 0 Å². The Kier molecular flexibility index (Phi) is 22.0. The quantitative estimate of drug-likeness (QED) is 0.0448. The van der Waals surface area contributed by atoms with Crippen molar-refractivity contribution in [3.05, 3.63) is 12.2 Å². The van der Waals surface area contributed by atoms with E-state index in [1.165, 1.54) is 0 Å². The number of rotatable bonds is 18. The highest BCUT2D eigenvalue weighted by Gasteiger charge is 2.66. The van der Waals surface area contributed by atoms with E-state index in [-0.39, 0.29) is 18.9 Å². The first-order valence-corrected chi connectivity index (χ1v) is 29.3. The largest absolute Gasteiger partial charge is 0.432 e. The molecule has 0 aromatic heterocycles. The third kappa shape index (κ3) is 12.8. The van der Waals surface area contributed by atoms with Gasteiger partial charge >= 0.3 is 5.97 Å². The highest BCUT2D eigenvalue weighted by molar-refractivity contribution is 5.77. The van der Waals surface area contributed by atoms with E-state index in [9.17, 15) is 97.0 Å². The van der Waals surface area contributed by atoms with E-state index in [1.807, 2.05) is 6.92 Å². The van der Waals surface area contributed by atoms with Crippen molar-refractivity contribution < 1.29 is 159 Å². The highest BCUT2D eigenvalue weighted by Crippen LogP contribution is 2.68. The molecule has 9 rings (SSSR count). The minimum atomic E-state index is -2.03. The Morgan fingerprint density at radius 2 is 0.895 bits per heavy atom. The summed E-state index contributed by atoms with van der Waals surface area (Å²) < 4.78 is 72.2. The van der Waals surface area contributed by atoms with Crippen LogP contribution in [0.5, 0.6) is 0 Å². The summed E-state index contributed by atoms with van der Waals surface area (Å²) >= 11 is 0. The zero-order valence-corrected chi connectivity index (χ0v) is 47.5. The lowest BCUT2D eigenvalue weighted by Gasteiger charge is -2.64. The topological polar surface area (TPSA) is 512 Å². The van der Waals surface area contributed by atoms with Gasteiger partial charge in [0.2, 0.25) is 6.29 Å². The molecule has 86 heavy (non-hydrogen) atoms. The van der Waals surface area contributed by atoms with Gasteiger partial charge in [-0.25, -0.2) is 0 Å². The lowest BCUT2D eigenvalue weighted by Crippen LogP contribution is -2.67. The van der Waals surface area contributed by atoms with E-state index in [2.05, 4.69) is 6.58 Å². The van der Waals surface area contributed by atoms with E-state index in [0.717, 1.165) is 5.57 Å².